The monoisotopic (exact) mass is 295 g/mol. The van der Waals surface area contributed by atoms with Crippen LogP contribution in [0, 0.1) is 0 Å². The number of ether oxygens (including phenoxy) is 1. The molecule has 0 spiro atoms. The Morgan fingerprint density at radius 1 is 1.45 bits per heavy atom. The van der Waals surface area contributed by atoms with Gasteiger partial charge < -0.3 is 15.8 Å². The third-order valence-electron chi connectivity index (χ3n) is 2.81. The molecule has 0 aromatic heterocycles. The summed E-state index contributed by atoms with van der Waals surface area (Å²) in [6.07, 6.45) is 0. The highest BCUT2D eigenvalue weighted by molar-refractivity contribution is 7.99. The van der Waals surface area contributed by atoms with E-state index < -0.39 is 0 Å². The first-order valence-corrected chi connectivity index (χ1v) is 7.33. The summed E-state index contributed by atoms with van der Waals surface area (Å²) in [5.74, 6) is 1.17. The molecule has 1 aromatic rings. The van der Waals surface area contributed by atoms with Crippen molar-refractivity contribution in [3.8, 4) is 5.75 Å². The molecule has 20 heavy (non-hydrogen) atoms. The number of carbonyl (C=O) groups is 2. The van der Waals surface area contributed by atoms with Crippen molar-refractivity contribution in [2.24, 2.45) is 0 Å². The molecule has 0 atom stereocenters. The number of hydrogen-bond donors (Lipinski definition) is 2. The first-order chi connectivity index (χ1) is 9.61. The number of nitrogens with one attached hydrogen (secondary N) is 1. The first-order valence-electron chi connectivity index (χ1n) is 6.35. The van der Waals surface area contributed by atoms with Crippen LogP contribution < -0.4 is 15.8 Å². The fourth-order valence-electron chi connectivity index (χ4n) is 1.82. The number of imide groups is 1. The van der Waals surface area contributed by atoms with Gasteiger partial charge in [0.25, 0.3) is 0 Å². The average molecular weight is 295 g/mol. The van der Waals surface area contributed by atoms with Crippen molar-refractivity contribution in [2.75, 3.05) is 31.2 Å². The molecule has 1 aliphatic heterocycles. The van der Waals surface area contributed by atoms with Crippen LogP contribution >= 0.6 is 11.8 Å². The Labute approximate surface area is 121 Å². The summed E-state index contributed by atoms with van der Waals surface area (Å²) in [6.45, 7) is 2.97. The zero-order chi connectivity index (χ0) is 14.5. The predicted octanol–water partition coefficient (Wildman–Crippen LogP) is 1.31. The quantitative estimate of drug-likeness (QED) is 0.469. The third-order valence-corrected chi connectivity index (χ3v) is 3.86. The fourth-order valence-corrected chi connectivity index (χ4v) is 2.75. The minimum Gasteiger partial charge on any atom is -0.494 e. The van der Waals surface area contributed by atoms with Crippen molar-refractivity contribution in [2.45, 2.75) is 11.8 Å². The number of anilines is 1. The van der Waals surface area contributed by atoms with Crippen LogP contribution in [0.5, 0.6) is 5.75 Å². The highest BCUT2D eigenvalue weighted by Crippen LogP contribution is 2.29. The molecule has 1 fully saturated rings. The predicted molar refractivity (Wildman–Crippen MR) is 77.9 cm³/mol. The van der Waals surface area contributed by atoms with Gasteiger partial charge in [0, 0.05) is 22.9 Å². The number of urea groups is 1. The van der Waals surface area contributed by atoms with E-state index in [9.17, 15) is 9.59 Å². The Morgan fingerprint density at radius 3 is 2.90 bits per heavy atom. The largest absolute Gasteiger partial charge is 0.494 e. The van der Waals surface area contributed by atoms with Crippen molar-refractivity contribution in [3.05, 3.63) is 18.2 Å². The van der Waals surface area contributed by atoms with Crippen molar-refractivity contribution in [1.82, 2.24) is 10.2 Å². The van der Waals surface area contributed by atoms with Crippen LogP contribution in [0.4, 0.5) is 10.5 Å². The molecule has 3 N–H and O–H groups in total. The summed E-state index contributed by atoms with van der Waals surface area (Å²) in [6, 6.07) is 5.16. The summed E-state index contributed by atoms with van der Waals surface area (Å²) in [5, 5.41) is 2.49. The molecule has 1 aliphatic rings. The lowest BCUT2D eigenvalue weighted by atomic mass is 10.3. The molecule has 3 amide bonds. The second-order valence-electron chi connectivity index (χ2n) is 4.19. The van der Waals surface area contributed by atoms with E-state index in [1.165, 1.54) is 16.7 Å². The molecule has 0 radical (unpaired) electrons. The number of thioether (sulfide) groups is 1. The van der Waals surface area contributed by atoms with E-state index in [0.29, 0.717) is 24.6 Å². The van der Waals surface area contributed by atoms with Gasteiger partial charge >= 0.3 is 6.03 Å². The molecule has 0 aliphatic carbocycles. The van der Waals surface area contributed by atoms with Crippen molar-refractivity contribution in [3.63, 3.8) is 0 Å². The lowest BCUT2D eigenvalue weighted by molar-refractivity contribution is -0.124. The topological polar surface area (TPSA) is 84.7 Å². The third kappa shape index (κ3) is 3.36. The summed E-state index contributed by atoms with van der Waals surface area (Å²) in [4.78, 5) is 24.9. The molecular weight excluding hydrogens is 278 g/mol. The average Bonchev–Trinajstić information content (AvgIpc) is 2.74. The normalized spacial score (nSPS) is 14.6. The zero-order valence-corrected chi connectivity index (χ0v) is 12.0. The van der Waals surface area contributed by atoms with Crippen LogP contribution in [0.3, 0.4) is 0 Å². The minimum absolute atomic E-state index is 0.0888. The second-order valence-corrected chi connectivity index (χ2v) is 5.32. The number of nitrogens with two attached hydrogens (primary N) is 1. The fraction of sp³-hybridized carbons (Fsp3) is 0.385. The van der Waals surface area contributed by atoms with E-state index in [1.54, 1.807) is 6.07 Å². The SMILES string of the molecule is CCOc1ccc(N)c(SCCN2C(=O)CNC2=O)c1. The van der Waals surface area contributed by atoms with Crippen molar-refractivity contribution in [1.29, 1.82) is 0 Å². The number of carbonyl (C=O) groups excluding carboxylic acids is 2. The molecule has 1 heterocycles. The number of nitrogens with zero attached hydrogens (tertiary/aromatic N) is 1. The summed E-state index contributed by atoms with van der Waals surface area (Å²) < 4.78 is 5.42. The molecule has 108 valence electrons. The molecule has 0 saturated carbocycles. The molecule has 0 unspecified atom stereocenters. The molecule has 7 heteroatoms. The number of benzene rings is 1. The molecule has 1 aromatic carbocycles. The van der Waals surface area contributed by atoms with Gasteiger partial charge in [-0.15, -0.1) is 11.8 Å². The molecule has 0 bridgehead atoms. The molecule has 2 rings (SSSR count). The van der Waals surface area contributed by atoms with Crippen molar-refractivity contribution < 1.29 is 14.3 Å². The van der Waals surface area contributed by atoms with Crippen LogP contribution in [-0.4, -0.2) is 42.3 Å². The van der Waals surface area contributed by atoms with Crippen LogP contribution in [0.1, 0.15) is 6.92 Å². The van der Waals surface area contributed by atoms with Gasteiger partial charge in [-0.25, -0.2) is 4.79 Å². The highest BCUT2D eigenvalue weighted by Gasteiger charge is 2.27. The van der Waals surface area contributed by atoms with Crippen molar-refractivity contribution >= 4 is 29.4 Å². The van der Waals surface area contributed by atoms with E-state index in [1.807, 2.05) is 19.1 Å². The van der Waals surface area contributed by atoms with E-state index in [-0.39, 0.29) is 18.5 Å². The number of nitrogen functional groups attached to an aromatic ring is 1. The van der Waals surface area contributed by atoms with Crippen LogP contribution in [0.2, 0.25) is 0 Å². The Morgan fingerprint density at radius 2 is 2.25 bits per heavy atom. The maximum Gasteiger partial charge on any atom is 0.324 e. The Balaban J connectivity index is 1.92. The van der Waals surface area contributed by atoms with E-state index >= 15 is 0 Å². The Hall–Kier alpha value is -1.89. The van der Waals surface area contributed by atoms with Crippen LogP contribution in [-0.2, 0) is 4.79 Å². The minimum atomic E-state index is -0.327. The number of rotatable bonds is 6. The summed E-state index contributed by atoms with van der Waals surface area (Å²) >= 11 is 1.50. The van der Waals surface area contributed by atoms with Gasteiger partial charge in [-0.2, -0.15) is 0 Å². The molecule has 1 saturated heterocycles. The zero-order valence-electron chi connectivity index (χ0n) is 11.2. The van der Waals surface area contributed by atoms with E-state index in [2.05, 4.69) is 5.32 Å². The van der Waals surface area contributed by atoms with Crippen LogP contribution in [0.15, 0.2) is 23.1 Å². The second kappa shape index (κ2) is 6.51. The van der Waals surface area contributed by atoms with E-state index in [4.69, 9.17) is 10.5 Å². The van der Waals surface area contributed by atoms with Gasteiger partial charge in [0.15, 0.2) is 0 Å². The lowest BCUT2D eigenvalue weighted by Crippen LogP contribution is -2.32. The van der Waals surface area contributed by atoms with Crippen LogP contribution in [0.25, 0.3) is 0 Å². The first kappa shape index (κ1) is 14.5. The Bertz CT molecular complexity index is 506. The highest BCUT2D eigenvalue weighted by atomic mass is 32.2. The maximum atomic E-state index is 11.4. The Kier molecular flexibility index (Phi) is 4.73. The van der Waals surface area contributed by atoms with E-state index in [0.717, 1.165) is 10.6 Å². The van der Waals surface area contributed by atoms with Gasteiger partial charge in [-0.3, -0.25) is 9.69 Å². The summed E-state index contributed by atoms with van der Waals surface area (Å²) in [5.41, 5.74) is 6.56. The number of amides is 3. The lowest BCUT2D eigenvalue weighted by Gasteiger charge is -2.13. The molecule has 6 nitrogen and oxygen atoms in total. The van der Waals surface area contributed by atoms with Gasteiger partial charge in [-0.1, -0.05) is 0 Å². The smallest absolute Gasteiger partial charge is 0.324 e. The van der Waals surface area contributed by atoms with Gasteiger partial charge in [0.1, 0.15) is 5.75 Å². The van der Waals surface area contributed by atoms with Gasteiger partial charge in [-0.05, 0) is 25.1 Å². The molecular formula is C13H17N3O3S. The standard InChI is InChI=1S/C13H17N3O3S/c1-2-19-9-3-4-10(14)11(7-9)20-6-5-16-12(17)8-15-13(16)18/h3-4,7H,2,5-6,8,14H2,1H3,(H,15,18). The van der Waals surface area contributed by atoms with Gasteiger partial charge in [0.2, 0.25) is 5.91 Å². The summed E-state index contributed by atoms with van der Waals surface area (Å²) in [7, 11) is 0. The van der Waals surface area contributed by atoms with Gasteiger partial charge in [0.05, 0.1) is 13.2 Å². The maximum absolute atomic E-state index is 11.4. The number of hydrogen-bond acceptors (Lipinski definition) is 5.